The second kappa shape index (κ2) is 9.58. The van der Waals surface area contributed by atoms with Crippen LogP contribution in [0.1, 0.15) is 11.5 Å². The largest absolute Gasteiger partial charge is 0.484 e. The molecule has 0 aliphatic heterocycles. The second-order valence-electron chi connectivity index (χ2n) is 6.21. The monoisotopic (exact) mass is 422 g/mol. The number of rotatable bonds is 8. The van der Waals surface area contributed by atoms with E-state index in [0.717, 1.165) is 34.5 Å². The summed E-state index contributed by atoms with van der Waals surface area (Å²) in [6.07, 6.45) is 2.68. The third kappa shape index (κ3) is 4.96. The number of thioether (sulfide) groups is 1. The van der Waals surface area contributed by atoms with Gasteiger partial charge in [-0.3, -0.25) is 9.55 Å². The van der Waals surface area contributed by atoms with Crippen molar-refractivity contribution in [3.05, 3.63) is 95.5 Å². The van der Waals surface area contributed by atoms with Crippen LogP contribution in [0, 0.1) is 0 Å². The third-order valence-corrected chi connectivity index (χ3v) is 5.47. The van der Waals surface area contributed by atoms with Gasteiger partial charge in [-0.1, -0.05) is 59.8 Å². The van der Waals surface area contributed by atoms with Crippen molar-refractivity contribution in [2.75, 3.05) is 5.75 Å². The lowest BCUT2D eigenvalue weighted by molar-refractivity contribution is 0.293. The molecule has 0 atom stereocenters. The number of hydrogen-bond acceptors (Lipinski definition) is 5. The highest BCUT2D eigenvalue weighted by molar-refractivity contribution is 7.99. The van der Waals surface area contributed by atoms with Gasteiger partial charge in [-0.2, -0.15) is 0 Å². The molecule has 0 amide bonds. The van der Waals surface area contributed by atoms with Crippen molar-refractivity contribution < 1.29 is 4.74 Å². The van der Waals surface area contributed by atoms with Crippen LogP contribution < -0.4 is 4.74 Å². The van der Waals surface area contributed by atoms with Crippen LogP contribution in [-0.2, 0) is 13.0 Å². The zero-order chi connectivity index (χ0) is 19.9. The molecule has 0 unspecified atom stereocenters. The Kier molecular flexibility index (Phi) is 6.44. The molecule has 4 aromatic rings. The Bertz CT molecular complexity index is 1060. The van der Waals surface area contributed by atoms with E-state index >= 15 is 0 Å². The van der Waals surface area contributed by atoms with Crippen molar-refractivity contribution in [1.82, 2.24) is 19.7 Å². The van der Waals surface area contributed by atoms with Gasteiger partial charge in [0.15, 0.2) is 11.0 Å². The Morgan fingerprint density at radius 2 is 1.69 bits per heavy atom. The summed E-state index contributed by atoms with van der Waals surface area (Å²) in [4.78, 5) is 4.38. The van der Waals surface area contributed by atoms with Crippen LogP contribution in [0.5, 0.6) is 5.75 Å². The summed E-state index contributed by atoms with van der Waals surface area (Å²) in [7, 11) is 0. The van der Waals surface area contributed by atoms with E-state index in [1.807, 2.05) is 77.5 Å². The molecule has 5 nitrogen and oxygen atoms in total. The van der Waals surface area contributed by atoms with E-state index in [2.05, 4.69) is 15.2 Å². The Balaban J connectivity index is 1.53. The Morgan fingerprint density at radius 3 is 2.48 bits per heavy atom. The molecule has 7 heteroatoms. The summed E-state index contributed by atoms with van der Waals surface area (Å²) in [6.45, 7) is 0.270. The van der Waals surface area contributed by atoms with E-state index in [1.165, 1.54) is 0 Å². The highest BCUT2D eigenvalue weighted by Crippen LogP contribution is 2.26. The lowest BCUT2D eigenvalue weighted by atomic mass is 10.3. The summed E-state index contributed by atoms with van der Waals surface area (Å²) in [5.74, 6) is 2.20. The van der Waals surface area contributed by atoms with E-state index in [-0.39, 0.29) is 6.61 Å². The predicted molar refractivity (Wildman–Crippen MR) is 116 cm³/mol. The topological polar surface area (TPSA) is 52.8 Å². The summed E-state index contributed by atoms with van der Waals surface area (Å²) >= 11 is 7.85. The summed E-state index contributed by atoms with van der Waals surface area (Å²) in [5, 5.41) is 10.2. The molecule has 0 saturated heterocycles. The van der Waals surface area contributed by atoms with Gasteiger partial charge in [-0.05, 0) is 42.8 Å². The Morgan fingerprint density at radius 1 is 0.897 bits per heavy atom. The van der Waals surface area contributed by atoms with Crippen molar-refractivity contribution in [2.24, 2.45) is 0 Å². The molecule has 0 N–H and O–H groups in total. The first-order chi connectivity index (χ1) is 14.3. The summed E-state index contributed by atoms with van der Waals surface area (Å²) in [5.41, 5.74) is 2.06. The number of aryl methyl sites for hydroxylation is 1. The molecule has 2 aromatic heterocycles. The van der Waals surface area contributed by atoms with Crippen LogP contribution in [0.4, 0.5) is 0 Å². The Labute approximate surface area is 178 Å². The number of halogens is 1. The molecule has 146 valence electrons. The highest BCUT2D eigenvalue weighted by atomic mass is 35.5. The van der Waals surface area contributed by atoms with Crippen LogP contribution in [-0.4, -0.2) is 25.5 Å². The molecule has 2 heterocycles. The predicted octanol–water partition coefficient (Wildman–Crippen LogP) is 5.23. The number of benzene rings is 2. The maximum Gasteiger partial charge on any atom is 0.195 e. The van der Waals surface area contributed by atoms with Gasteiger partial charge in [-0.25, -0.2) is 0 Å². The van der Waals surface area contributed by atoms with Gasteiger partial charge in [0, 0.05) is 23.3 Å². The van der Waals surface area contributed by atoms with Gasteiger partial charge in [0.1, 0.15) is 12.4 Å². The fourth-order valence-corrected chi connectivity index (χ4v) is 3.94. The lowest BCUT2D eigenvalue weighted by Crippen LogP contribution is -2.07. The molecule has 29 heavy (non-hydrogen) atoms. The molecule has 0 aliphatic carbocycles. The zero-order valence-electron chi connectivity index (χ0n) is 15.6. The van der Waals surface area contributed by atoms with Crippen molar-refractivity contribution in [3.63, 3.8) is 0 Å². The molecule has 4 rings (SSSR count). The average molecular weight is 423 g/mol. The van der Waals surface area contributed by atoms with Gasteiger partial charge < -0.3 is 4.74 Å². The van der Waals surface area contributed by atoms with Crippen molar-refractivity contribution in [2.45, 2.75) is 18.2 Å². The van der Waals surface area contributed by atoms with Gasteiger partial charge in [0.05, 0.1) is 5.02 Å². The van der Waals surface area contributed by atoms with Gasteiger partial charge in [0.25, 0.3) is 0 Å². The van der Waals surface area contributed by atoms with Crippen molar-refractivity contribution in [1.29, 1.82) is 0 Å². The molecule has 2 aromatic carbocycles. The number of hydrogen-bond donors (Lipinski definition) is 0. The van der Waals surface area contributed by atoms with Crippen molar-refractivity contribution in [3.8, 4) is 11.4 Å². The third-order valence-electron chi connectivity index (χ3n) is 4.22. The number of pyridine rings is 1. The first-order valence-electron chi connectivity index (χ1n) is 9.21. The molecule has 0 radical (unpaired) electrons. The standard InChI is InChI=1S/C22H19ClN4OS/c23-19-11-4-5-12-20(19)28-16-21-25-26-22(27(21)18-9-2-1-3-10-18)29-15-13-17-8-6-7-14-24-17/h1-12,14H,13,15-16H2. The molecule has 0 saturated carbocycles. The minimum Gasteiger partial charge on any atom is -0.484 e. The fraction of sp³-hybridized carbons (Fsp3) is 0.136. The lowest BCUT2D eigenvalue weighted by Gasteiger charge is -2.11. The Hall–Kier alpha value is -2.83. The van der Waals surface area contributed by atoms with Gasteiger partial charge in [0.2, 0.25) is 0 Å². The van der Waals surface area contributed by atoms with E-state index < -0.39 is 0 Å². The number of ether oxygens (including phenoxy) is 1. The van der Waals surface area contributed by atoms with E-state index in [0.29, 0.717) is 10.8 Å². The zero-order valence-corrected chi connectivity index (χ0v) is 17.2. The SMILES string of the molecule is Clc1ccccc1OCc1nnc(SCCc2ccccn2)n1-c1ccccc1. The van der Waals surface area contributed by atoms with Crippen LogP contribution >= 0.6 is 23.4 Å². The molecular weight excluding hydrogens is 404 g/mol. The second-order valence-corrected chi connectivity index (χ2v) is 7.68. The van der Waals surface area contributed by atoms with Crippen LogP contribution in [0.2, 0.25) is 5.02 Å². The minimum atomic E-state index is 0.270. The fourth-order valence-electron chi connectivity index (χ4n) is 2.82. The summed E-state index contributed by atoms with van der Waals surface area (Å²) < 4.78 is 7.93. The number of para-hydroxylation sites is 2. The average Bonchev–Trinajstić information content (AvgIpc) is 3.17. The quantitative estimate of drug-likeness (QED) is 0.364. The molecule has 0 aliphatic rings. The van der Waals surface area contributed by atoms with Crippen LogP contribution in [0.15, 0.2) is 84.1 Å². The van der Waals surface area contributed by atoms with Crippen molar-refractivity contribution >= 4 is 23.4 Å². The maximum absolute atomic E-state index is 6.20. The van der Waals surface area contributed by atoms with Crippen LogP contribution in [0.25, 0.3) is 5.69 Å². The minimum absolute atomic E-state index is 0.270. The van der Waals surface area contributed by atoms with E-state index in [1.54, 1.807) is 17.8 Å². The molecular formula is C22H19ClN4OS. The number of aromatic nitrogens is 4. The molecule has 0 fully saturated rings. The maximum atomic E-state index is 6.20. The highest BCUT2D eigenvalue weighted by Gasteiger charge is 2.15. The van der Waals surface area contributed by atoms with E-state index in [4.69, 9.17) is 16.3 Å². The van der Waals surface area contributed by atoms with Gasteiger partial charge in [-0.15, -0.1) is 10.2 Å². The van der Waals surface area contributed by atoms with Crippen LogP contribution in [0.3, 0.4) is 0 Å². The first kappa shape index (κ1) is 19.5. The smallest absolute Gasteiger partial charge is 0.195 e. The number of nitrogens with zero attached hydrogens (tertiary/aromatic N) is 4. The molecule has 0 spiro atoms. The first-order valence-corrected chi connectivity index (χ1v) is 10.6. The normalized spacial score (nSPS) is 10.8. The molecule has 0 bridgehead atoms. The van der Waals surface area contributed by atoms with E-state index in [9.17, 15) is 0 Å². The van der Waals surface area contributed by atoms with Gasteiger partial charge >= 0.3 is 0 Å². The summed E-state index contributed by atoms with van der Waals surface area (Å²) in [6, 6.07) is 23.4.